The van der Waals surface area contributed by atoms with Crippen LogP contribution < -0.4 is 10.1 Å². The summed E-state index contributed by atoms with van der Waals surface area (Å²) in [5.74, 6) is 1.73. The van der Waals surface area contributed by atoms with Crippen molar-refractivity contribution in [2.75, 3.05) is 26.7 Å². The number of nitrogens with one attached hydrogen (secondary N) is 1. The summed E-state index contributed by atoms with van der Waals surface area (Å²) in [6.07, 6.45) is 2.63. The van der Waals surface area contributed by atoms with E-state index in [1.165, 1.54) is 0 Å². The van der Waals surface area contributed by atoms with Gasteiger partial charge in [0.15, 0.2) is 0 Å². The van der Waals surface area contributed by atoms with Gasteiger partial charge in [-0.1, -0.05) is 12.1 Å². The zero-order valence-corrected chi connectivity index (χ0v) is 15.1. The molecular weight excluding hydrogens is 370 g/mol. The van der Waals surface area contributed by atoms with Crippen LogP contribution in [0.25, 0.3) is 0 Å². The lowest BCUT2D eigenvalue weighted by molar-refractivity contribution is 0.0786. The monoisotopic (exact) mass is 389 g/mol. The molecule has 1 aromatic carbocycles. The van der Waals surface area contributed by atoms with Gasteiger partial charge in [0.25, 0.3) is 5.91 Å². The van der Waals surface area contributed by atoms with Gasteiger partial charge in [0, 0.05) is 25.4 Å². The van der Waals surface area contributed by atoms with Crippen LogP contribution in [-0.4, -0.2) is 42.5 Å². The largest absolute Gasteiger partial charge is 0.438 e. The Morgan fingerprint density at radius 3 is 2.92 bits per heavy atom. The molecule has 1 N–H and O–H groups in total. The minimum atomic E-state index is 0.0357. The average Bonchev–Trinajstić information content (AvgIpc) is 3.06. The Labute approximate surface area is 150 Å². The molecule has 1 atom stereocenters. The van der Waals surface area contributed by atoms with Crippen LogP contribution in [0.3, 0.4) is 0 Å². The number of benzene rings is 1. The molecule has 0 radical (unpaired) electrons. The first-order valence-electron chi connectivity index (χ1n) is 7.99. The molecule has 0 spiro atoms. The van der Waals surface area contributed by atoms with Crippen LogP contribution in [-0.2, 0) is 0 Å². The third-order valence-corrected chi connectivity index (χ3v) is 4.76. The van der Waals surface area contributed by atoms with E-state index in [1.807, 2.05) is 36.2 Å². The second kappa shape index (κ2) is 7.77. The topological polar surface area (TPSA) is 54.5 Å². The summed E-state index contributed by atoms with van der Waals surface area (Å²) in [6, 6.07) is 11.1. The van der Waals surface area contributed by atoms with E-state index in [0.29, 0.717) is 23.1 Å². The Morgan fingerprint density at radius 1 is 1.38 bits per heavy atom. The number of pyridine rings is 1. The number of amides is 1. The van der Waals surface area contributed by atoms with Crippen molar-refractivity contribution >= 4 is 21.8 Å². The van der Waals surface area contributed by atoms with Gasteiger partial charge >= 0.3 is 0 Å². The van der Waals surface area contributed by atoms with Crippen molar-refractivity contribution in [1.82, 2.24) is 15.2 Å². The molecule has 1 saturated heterocycles. The number of ether oxygens (including phenoxy) is 1. The summed E-state index contributed by atoms with van der Waals surface area (Å²) in [4.78, 5) is 18.7. The molecule has 0 unspecified atom stereocenters. The maximum atomic E-state index is 12.5. The molecule has 0 saturated carbocycles. The van der Waals surface area contributed by atoms with Crippen molar-refractivity contribution in [2.24, 2.45) is 5.92 Å². The van der Waals surface area contributed by atoms with Crippen LogP contribution in [0.1, 0.15) is 16.8 Å². The summed E-state index contributed by atoms with van der Waals surface area (Å²) in [5.41, 5.74) is 0.597. The maximum absolute atomic E-state index is 12.5. The summed E-state index contributed by atoms with van der Waals surface area (Å²) >= 11 is 3.44. The first-order valence-corrected chi connectivity index (χ1v) is 8.79. The molecule has 1 aliphatic heterocycles. The van der Waals surface area contributed by atoms with Crippen molar-refractivity contribution in [2.45, 2.75) is 6.42 Å². The Morgan fingerprint density at radius 2 is 2.21 bits per heavy atom. The van der Waals surface area contributed by atoms with Crippen LogP contribution >= 0.6 is 15.9 Å². The minimum Gasteiger partial charge on any atom is -0.438 e. The normalized spacial score (nSPS) is 17.1. The van der Waals surface area contributed by atoms with Crippen LogP contribution in [0.15, 0.2) is 47.1 Å². The van der Waals surface area contributed by atoms with Gasteiger partial charge in [-0.2, -0.15) is 0 Å². The first kappa shape index (κ1) is 16.9. The van der Waals surface area contributed by atoms with Gasteiger partial charge in [-0.3, -0.25) is 4.79 Å². The Kier molecular flexibility index (Phi) is 5.48. The molecule has 6 heteroatoms. The fraction of sp³-hybridized carbons (Fsp3) is 0.333. The maximum Gasteiger partial charge on any atom is 0.255 e. The summed E-state index contributed by atoms with van der Waals surface area (Å²) in [6.45, 7) is 2.55. The summed E-state index contributed by atoms with van der Waals surface area (Å²) in [5, 5.41) is 3.17. The number of hydrogen-bond donors (Lipinski definition) is 1. The third kappa shape index (κ3) is 3.94. The van der Waals surface area contributed by atoms with Gasteiger partial charge in [0.05, 0.1) is 10.0 Å². The Hall–Kier alpha value is -1.92. The van der Waals surface area contributed by atoms with Crippen molar-refractivity contribution in [3.8, 4) is 11.6 Å². The van der Waals surface area contributed by atoms with Gasteiger partial charge in [-0.15, -0.1) is 0 Å². The Balaban J connectivity index is 1.64. The lowest BCUT2D eigenvalue weighted by Crippen LogP contribution is -2.30. The molecule has 1 fully saturated rings. The van der Waals surface area contributed by atoms with Gasteiger partial charge < -0.3 is 15.0 Å². The van der Waals surface area contributed by atoms with Crippen LogP contribution in [0.5, 0.6) is 11.6 Å². The SMILES string of the molecule is CNC[C@H]1CCN(C(=O)c2ccc(Oc3ccccc3Br)nc2)C1. The number of carbonyl (C=O) groups is 1. The highest BCUT2D eigenvalue weighted by atomic mass is 79.9. The highest BCUT2D eigenvalue weighted by Gasteiger charge is 2.26. The van der Waals surface area contributed by atoms with E-state index in [2.05, 4.69) is 26.2 Å². The number of para-hydroxylation sites is 1. The molecule has 2 aromatic rings. The van der Waals surface area contributed by atoms with E-state index >= 15 is 0 Å². The zero-order chi connectivity index (χ0) is 16.9. The quantitative estimate of drug-likeness (QED) is 0.851. The predicted molar refractivity (Wildman–Crippen MR) is 96.4 cm³/mol. The lowest BCUT2D eigenvalue weighted by atomic mass is 10.1. The van der Waals surface area contributed by atoms with Gasteiger partial charge in [0.2, 0.25) is 5.88 Å². The van der Waals surface area contributed by atoms with Crippen molar-refractivity contribution < 1.29 is 9.53 Å². The number of carbonyl (C=O) groups excluding carboxylic acids is 1. The van der Waals surface area contributed by atoms with Crippen molar-refractivity contribution in [1.29, 1.82) is 0 Å². The second-order valence-electron chi connectivity index (χ2n) is 5.88. The number of nitrogens with zero attached hydrogens (tertiary/aromatic N) is 2. The van der Waals surface area contributed by atoms with Crippen molar-refractivity contribution in [3.63, 3.8) is 0 Å². The van der Waals surface area contributed by atoms with E-state index in [9.17, 15) is 4.79 Å². The second-order valence-corrected chi connectivity index (χ2v) is 6.74. The Bertz CT molecular complexity index is 706. The molecule has 0 aliphatic carbocycles. The number of halogens is 1. The van der Waals surface area contributed by atoms with E-state index in [1.54, 1.807) is 18.3 Å². The standard InChI is InChI=1S/C18H20BrN3O2/c1-20-10-13-8-9-22(12-13)18(23)14-6-7-17(21-11-14)24-16-5-3-2-4-15(16)19/h2-7,11,13,20H,8-10,12H2,1H3/t13-/m1/s1. The van der Waals surface area contributed by atoms with E-state index in [-0.39, 0.29) is 5.91 Å². The molecule has 2 heterocycles. The number of hydrogen-bond acceptors (Lipinski definition) is 4. The van der Waals surface area contributed by atoms with Gasteiger partial charge in [0.1, 0.15) is 5.75 Å². The molecule has 5 nitrogen and oxygen atoms in total. The zero-order valence-electron chi connectivity index (χ0n) is 13.5. The highest BCUT2D eigenvalue weighted by Crippen LogP contribution is 2.28. The van der Waals surface area contributed by atoms with E-state index in [4.69, 9.17) is 4.74 Å². The molecule has 1 aliphatic rings. The molecule has 24 heavy (non-hydrogen) atoms. The molecular formula is C18H20BrN3O2. The van der Waals surface area contributed by atoms with Gasteiger partial charge in [-0.05, 0) is 60.1 Å². The summed E-state index contributed by atoms with van der Waals surface area (Å²) in [7, 11) is 1.94. The third-order valence-electron chi connectivity index (χ3n) is 4.10. The van der Waals surface area contributed by atoms with Crippen LogP contribution in [0.4, 0.5) is 0 Å². The minimum absolute atomic E-state index is 0.0357. The molecule has 1 amide bonds. The van der Waals surface area contributed by atoms with E-state index in [0.717, 1.165) is 30.5 Å². The van der Waals surface area contributed by atoms with E-state index < -0.39 is 0 Å². The molecule has 126 valence electrons. The summed E-state index contributed by atoms with van der Waals surface area (Å²) < 4.78 is 6.59. The smallest absolute Gasteiger partial charge is 0.255 e. The fourth-order valence-electron chi connectivity index (χ4n) is 2.86. The van der Waals surface area contributed by atoms with Crippen molar-refractivity contribution in [3.05, 3.63) is 52.6 Å². The molecule has 0 bridgehead atoms. The average molecular weight is 390 g/mol. The molecule has 3 rings (SSSR count). The van der Waals surface area contributed by atoms with Gasteiger partial charge in [-0.25, -0.2) is 4.98 Å². The number of likely N-dealkylation sites (tertiary alicyclic amines) is 1. The van der Waals surface area contributed by atoms with Crippen LogP contribution in [0.2, 0.25) is 0 Å². The lowest BCUT2D eigenvalue weighted by Gasteiger charge is -2.16. The highest BCUT2D eigenvalue weighted by molar-refractivity contribution is 9.10. The first-order chi connectivity index (χ1) is 11.7. The van der Waals surface area contributed by atoms with Crippen LogP contribution in [0, 0.1) is 5.92 Å². The number of rotatable bonds is 5. The predicted octanol–water partition coefficient (Wildman–Crippen LogP) is 3.32. The number of aromatic nitrogens is 1. The molecule has 1 aromatic heterocycles. The fourth-order valence-corrected chi connectivity index (χ4v) is 3.23.